The third kappa shape index (κ3) is 5.06. The van der Waals surface area contributed by atoms with Crippen LogP contribution in [0.15, 0.2) is 39.9 Å². The third-order valence-electron chi connectivity index (χ3n) is 5.16. The van der Waals surface area contributed by atoms with Gasteiger partial charge in [0, 0.05) is 31.5 Å². The molecule has 2 aromatic heterocycles. The summed E-state index contributed by atoms with van der Waals surface area (Å²) in [6.45, 7) is 8.28. The van der Waals surface area contributed by atoms with Crippen LogP contribution in [0.3, 0.4) is 0 Å². The molecule has 0 saturated carbocycles. The summed E-state index contributed by atoms with van der Waals surface area (Å²) in [6.07, 6.45) is 0. The van der Waals surface area contributed by atoms with Gasteiger partial charge in [0.25, 0.3) is 11.5 Å². The van der Waals surface area contributed by atoms with Gasteiger partial charge >= 0.3 is 5.69 Å². The van der Waals surface area contributed by atoms with Gasteiger partial charge < -0.3 is 10.5 Å². The van der Waals surface area contributed by atoms with Crippen molar-refractivity contribution in [3.8, 4) is 5.69 Å². The van der Waals surface area contributed by atoms with Gasteiger partial charge in [-0.2, -0.15) is 5.10 Å². The normalized spacial score (nSPS) is 11.2. The van der Waals surface area contributed by atoms with Crippen LogP contribution in [-0.4, -0.2) is 45.5 Å². The van der Waals surface area contributed by atoms with Gasteiger partial charge in [0.15, 0.2) is 5.69 Å². The number of aromatic amines is 1. The number of ether oxygens (including phenoxy) is 1. The molecule has 0 aliphatic heterocycles. The fourth-order valence-corrected chi connectivity index (χ4v) is 3.67. The van der Waals surface area contributed by atoms with E-state index < -0.39 is 17.2 Å². The first-order valence-corrected chi connectivity index (χ1v) is 10.7. The maximum atomic E-state index is 13.4. The summed E-state index contributed by atoms with van der Waals surface area (Å²) in [5, 5.41) is 4.45. The quantitative estimate of drug-likeness (QED) is 0.535. The van der Waals surface area contributed by atoms with E-state index in [1.165, 1.54) is 16.6 Å². The molecule has 0 aliphatic carbocycles. The maximum absolute atomic E-state index is 13.4. The molecule has 33 heavy (non-hydrogen) atoms. The number of aromatic nitrogens is 4. The van der Waals surface area contributed by atoms with Crippen LogP contribution < -0.4 is 21.9 Å². The summed E-state index contributed by atoms with van der Waals surface area (Å²) in [6, 6.07) is 8.88. The number of anilines is 2. The van der Waals surface area contributed by atoms with Crippen molar-refractivity contribution >= 4 is 17.4 Å². The Morgan fingerprint density at radius 1 is 1.21 bits per heavy atom. The molecule has 0 atom stereocenters. The Hall–Kier alpha value is -3.66. The van der Waals surface area contributed by atoms with Gasteiger partial charge in [-0.25, -0.2) is 9.48 Å². The highest BCUT2D eigenvalue weighted by molar-refractivity contribution is 6.07. The molecule has 0 unspecified atom stereocenters. The van der Waals surface area contributed by atoms with Crippen LogP contribution in [0.2, 0.25) is 0 Å². The third-order valence-corrected chi connectivity index (χ3v) is 5.16. The lowest BCUT2D eigenvalue weighted by Gasteiger charge is -2.25. The monoisotopic (exact) mass is 454 g/mol. The van der Waals surface area contributed by atoms with Crippen LogP contribution in [-0.2, 0) is 11.3 Å². The number of H-pyrrole nitrogens is 1. The number of nitrogens with two attached hydrogens (primary N) is 1. The molecule has 10 nitrogen and oxygen atoms in total. The molecule has 0 spiro atoms. The highest BCUT2D eigenvalue weighted by Gasteiger charge is 2.25. The van der Waals surface area contributed by atoms with E-state index in [0.29, 0.717) is 12.1 Å². The summed E-state index contributed by atoms with van der Waals surface area (Å²) >= 11 is 0. The number of carbonyl (C=O) groups is 1. The number of amides is 1. The largest absolute Gasteiger partial charge is 0.383 e. The molecule has 0 fully saturated rings. The second-order valence-corrected chi connectivity index (χ2v) is 8.33. The van der Waals surface area contributed by atoms with Crippen molar-refractivity contribution in [3.63, 3.8) is 0 Å². The molecule has 3 rings (SSSR count). The van der Waals surface area contributed by atoms with Gasteiger partial charge in [-0.1, -0.05) is 13.8 Å². The summed E-state index contributed by atoms with van der Waals surface area (Å²) in [4.78, 5) is 42.0. The lowest BCUT2D eigenvalue weighted by Crippen LogP contribution is -2.42. The number of benzene rings is 1. The lowest BCUT2D eigenvalue weighted by molar-refractivity contribution is 0.0975. The molecule has 176 valence electrons. The van der Waals surface area contributed by atoms with Gasteiger partial charge in [0.05, 0.1) is 18.0 Å². The van der Waals surface area contributed by atoms with E-state index in [-0.39, 0.29) is 30.6 Å². The standard InChI is InChI=1S/C23H30N6O4/c1-14(2)13-28-20(24)19(21(30)25-23(28)32)27(10-11-33-5)22(31)17-6-8-18(9-7-17)29-16(4)12-15(3)26-29/h6-9,12,14H,10-11,13,24H2,1-5H3,(H,25,30,32). The average Bonchev–Trinajstić information content (AvgIpc) is 3.10. The van der Waals surface area contributed by atoms with E-state index >= 15 is 0 Å². The molecule has 0 radical (unpaired) electrons. The molecule has 0 bridgehead atoms. The highest BCUT2D eigenvalue weighted by Crippen LogP contribution is 2.21. The van der Waals surface area contributed by atoms with E-state index in [1.807, 2.05) is 33.8 Å². The van der Waals surface area contributed by atoms with Crippen LogP contribution in [0, 0.1) is 19.8 Å². The van der Waals surface area contributed by atoms with Crippen molar-refractivity contribution < 1.29 is 9.53 Å². The maximum Gasteiger partial charge on any atom is 0.330 e. The predicted octanol–water partition coefficient (Wildman–Crippen LogP) is 1.87. The molecule has 0 saturated heterocycles. The second-order valence-electron chi connectivity index (χ2n) is 8.33. The molecular weight excluding hydrogens is 424 g/mol. The fraction of sp³-hybridized carbons (Fsp3) is 0.391. The van der Waals surface area contributed by atoms with Crippen LogP contribution in [0.5, 0.6) is 0 Å². The zero-order chi connectivity index (χ0) is 24.3. The highest BCUT2D eigenvalue weighted by atomic mass is 16.5. The summed E-state index contributed by atoms with van der Waals surface area (Å²) in [7, 11) is 1.50. The zero-order valence-electron chi connectivity index (χ0n) is 19.6. The number of hydrogen-bond donors (Lipinski definition) is 2. The van der Waals surface area contributed by atoms with E-state index in [4.69, 9.17) is 10.5 Å². The first-order chi connectivity index (χ1) is 15.6. The molecule has 1 amide bonds. The summed E-state index contributed by atoms with van der Waals surface area (Å²) in [5.74, 6) is -0.381. The first kappa shape index (κ1) is 24.0. The number of nitrogens with zero attached hydrogens (tertiary/aromatic N) is 4. The van der Waals surface area contributed by atoms with Gasteiger partial charge in [-0.3, -0.25) is 24.0 Å². The Kier molecular flexibility index (Phi) is 7.17. The average molecular weight is 455 g/mol. The van der Waals surface area contributed by atoms with Crippen molar-refractivity contribution in [1.82, 2.24) is 19.3 Å². The van der Waals surface area contributed by atoms with Crippen molar-refractivity contribution in [1.29, 1.82) is 0 Å². The van der Waals surface area contributed by atoms with Crippen LogP contribution in [0.1, 0.15) is 35.6 Å². The van der Waals surface area contributed by atoms with E-state index in [1.54, 1.807) is 28.9 Å². The van der Waals surface area contributed by atoms with Crippen LogP contribution >= 0.6 is 0 Å². The van der Waals surface area contributed by atoms with Gasteiger partial charge in [-0.15, -0.1) is 0 Å². The Labute approximate surface area is 191 Å². The molecule has 3 aromatic rings. The second kappa shape index (κ2) is 9.86. The molecular formula is C23H30N6O4. The minimum absolute atomic E-state index is 0.0545. The SMILES string of the molecule is COCCN(C(=O)c1ccc(-n2nc(C)cc2C)cc1)c1c(N)n(CC(C)C)c(=O)[nH]c1=O. The van der Waals surface area contributed by atoms with Crippen LogP contribution in [0.4, 0.5) is 11.5 Å². The molecule has 0 aliphatic rings. The summed E-state index contributed by atoms with van der Waals surface area (Å²) < 4.78 is 8.21. The van der Waals surface area contributed by atoms with Crippen molar-refractivity contribution in [2.24, 2.45) is 5.92 Å². The molecule has 3 N–H and O–H groups in total. The zero-order valence-corrected chi connectivity index (χ0v) is 19.6. The minimum atomic E-state index is -0.721. The number of nitrogens with one attached hydrogen (secondary N) is 1. The predicted molar refractivity (Wildman–Crippen MR) is 127 cm³/mol. The Bertz CT molecular complexity index is 1250. The lowest BCUT2D eigenvalue weighted by atomic mass is 10.1. The molecule has 10 heteroatoms. The fourth-order valence-electron chi connectivity index (χ4n) is 3.67. The van der Waals surface area contributed by atoms with E-state index in [9.17, 15) is 14.4 Å². The van der Waals surface area contributed by atoms with Crippen molar-refractivity contribution in [3.05, 3.63) is 68.1 Å². The van der Waals surface area contributed by atoms with Gasteiger partial charge in [0.2, 0.25) is 0 Å². The summed E-state index contributed by atoms with van der Waals surface area (Å²) in [5.41, 5.74) is 7.87. The number of nitrogen functional groups attached to an aromatic ring is 1. The Balaban J connectivity index is 2.03. The number of methoxy groups -OCH3 is 1. The van der Waals surface area contributed by atoms with Gasteiger partial charge in [-0.05, 0) is 50.1 Å². The van der Waals surface area contributed by atoms with E-state index in [0.717, 1.165) is 17.1 Å². The van der Waals surface area contributed by atoms with Crippen molar-refractivity contribution in [2.75, 3.05) is 30.9 Å². The van der Waals surface area contributed by atoms with Crippen LogP contribution in [0.25, 0.3) is 5.69 Å². The Morgan fingerprint density at radius 2 is 1.88 bits per heavy atom. The topological polar surface area (TPSA) is 128 Å². The van der Waals surface area contributed by atoms with Crippen molar-refractivity contribution in [2.45, 2.75) is 34.2 Å². The number of hydrogen-bond acceptors (Lipinski definition) is 6. The molecule has 2 heterocycles. The smallest absolute Gasteiger partial charge is 0.330 e. The number of aryl methyl sites for hydroxylation is 2. The Morgan fingerprint density at radius 3 is 2.42 bits per heavy atom. The number of rotatable bonds is 8. The molecule has 1 aromatic carbocycles. The number of carbonyl (C=O) groups excluding carboxylic acids is 1. The van der Waals surface area contributed by atoms with Gasteiger partial charge in [0.1, 0.15) is 5.82 Å². The minimum Gasteiger partial charge on any atom is -0.383 e. The van der Waals surface area contributed by atoms with E-state index in [2.05, 4.69) is 10.1 Å². The first-order valence-electron chi connectivity index (χ1n) is 10.7.